The van der Waals surface area contributed by atoms with E-state index in [0.717, 1.165) is 0 Å². The Labute approximate surface area is 108 Å². The number of para-hydroxylation sites is 1. The van der Waals surface area contributed by atoms with Crippen molar-refractivity contribution in [2.45, 2.75) is 13.0 Å². The van der Waals surface area contributed by atoms with E-state index in [9.17, 15) is 9.00 Å². The lowest BCUT2D eigenvalue weighted by atomic mass is 10.1. The van der Waals surface area contributed by atoms with E-state index in [1.807, 2.05) is 0 Å². The SMILES string of the molecule is CC(CS(C)=O)NC(=O)c1cccc(Cl)c1N. The number of anilines is 1. The lowest BCUT2D eigenvalue weighted by Gasteiger charge is -2.13. The number of nitrogens with one attached hydrogen (secondary N) is 1. The predicted molar refractivity (Wildman–Crippen MR) is 71.7 cm³/mol. The third kappa shape index (κ3) is 4.02. The average molecular weight is 275 g/mol. The van der Waals surface area contributed by atoms with Gasteiger partial charge in [-0.1, -0.05) is 17.7 Å². The zero-order valence-electron chi connectivity index (χ0n) is 9.70. The second kappa shape index (κ2) is 6.02. The molecule has 1 aromatic carbocycles. The fourth-order valence-electron chi connectivity index (χ4n) is 1.43. The molecule has 0 heterocycles. The summed E-state index contributed by atoms with van der Waals surface area (Å²) in [6.07, 6.45) is 1.59. The number of halogens is 1. The highest BCUT2D eigenvalue weighted by atomic mass is 35.5. The van der Waals surface area contributed by atoms with E-state index in [0.29, 0.717) is 16.3 Å². The number of hydrogen-bond acceptors (Lipinski definition) is 3. The Morgan fingerprint density at radius 2 is 2.24 bits per heavy atom. The van der Waals surface area contributed by atoms with E-state index >= 15 is 0 Å². The molecule has 2 atom stereocenters. The maximum Gasteiger partial charge on any atom is 0.253 e. The molecule has 1 aromatic rings. The first-order chi connectivity index (χ1) is 7.91. The van der Waals surface area contributed by atoms with Crippen molar-refractivity contribution in [2.75, 3.05) is 17.7 Å². The van der Waals surface area contributed by atoms with Crippen LogP contribution in [0.3, 0.4) is 0 Å². The molecule has 4 nitrogen and oxygen atoms in total. The molecule has 1 rings (SSSR count). The van der Waals surface area contributed by atoms with Crippen LogP contribution < -0.4 is 11.1 Å². The van der Waals surface area contributed by atoms with E-state index in [1.165, 1.54) is 0 Å². The van der Waals surface area contributed by atoms with Gasteiger partial charge in [0.2, 0.25) is 0 Å². The number of hydrogen-bond donors (Lipinski definition) is 2. The molecule has 17 heavy (non-hydrogen) atoms. The van der Waals surface area contributed by atoms with Gasteiger partial charge in [0.25, 0.3) is 5.91 Å². The minimum atomic E-state index is -0.950. The van der Waals surface area contributed by atoms with Gasteiger partial charge < -0.3 is 11.1 Å². The van der Waals surface area contributed by atoms with Crippen LogP contribution in [0.4, 0.5) is 5.69 Å². The third-order valence-corrected chi connectivity index (χ3v) is 3.46. The van der Waals surface area contributed by atoms with Gasteiger partial charge in [-0.05, 0) is 19.1 Å². The molecule has 3 N–H and O–H groups in total. The minimum absolute atomic E-state index is 0.174. The van der Waals surface area contributed by atoms with Crippen molar-refractivity contribution in [3.8, 4) is 0 Å². The van der Waals surface area contributed by atoms with Gasteiger partial charge in [-0.15, -0.1) is 0 Å². The van der Waals surface area contributed by atoms with E-state index < -0.39 is 10.8 Å². The second-order valence-electron chi connectivity index (χ2n) is 3.82. The van der Waals surface area contributed by atoms with Crippen molar-refractivity contribution in [2.24, 2.45) is 0 Å². The number of amides is 1. The van der Waals surface area contributed by atoms with E-state index in [1.54, 1.807) is 31.4 Å². The number of nitrogen functional groups attached to an aromatic ring is 1. The lowest BCUT2D eigenvalue weighted by molar-refractivity contribution is 0.0944. The van der Waals surface area contributed by atoms with Crippen LogP contribution in [0.5, 0.6) is 0 Å². The van der Waals surface area contributed by atoms with Gasteiger partial charge in [0.15, 0.2) is 0 Å². The van der Waals surface area contributed by atoms with E-state index in [-0.39, 0.29) is 17.6 Å². The van der Waals surface area contributed by atoms with Gasteiger partial charge in [-0.25, -0.2) is 0 Å². The molecular weight excluding hydrogens is 260 g/mol. The molecule has 0 bridgehead atoms. The molecule has 1 amide bonds. The predicted octanol–water partition coefficient (Wildman–Crippen LogP) is 1.42. The Morgan fingerprint density at radius 3 is 2.82 bits per heavy atom. The van der Waals surface area contributed by atoms with Crippen LogP contribution in [-0.2, 0) is 10.8 Å². The molecule has 0 saturated carbocycles. The Balaban J connectivity index is 2.77. The number of nitrogens with two attached hydrogens (primary N) is 1. The molecule has 0 aromatic heterocycles. The Kier molecular flexibility index (Phi) is 4.96. The van der Waals surface area contributed by atoms with Gasteiger partial charge >= 0.3 is 0 Å². The topological polar surface area (TPSA) is 72.2 Å². The molecular formula is C11H15ClN2O2S. The molecule has 0 aliphatic heterocycles. The molecule has 0 spiro atoms. The van der Waals surface area contributed by atoms with Gasteiger partial charge in [0.05, 0.1) is 16.3 Å². The zero-order valence-corrected chi connectivity index (χ0v) is 11.3. The summed E-state index contributed by atoms with van der Waals surface area (Å²) in [5.41, 5.74) is 6.31. The largest absolute Gasteiger partial charge is 0.397 e. The van der Waals surface area contributed by atoms with E-state index in [4.69, 9.17) is 17.3 Å². The summed E-state index contributed by atoms with van der Waals surface area (Å²) in [6.45, 7) is 1.79. The van der Waals surface area contributed by atoms with E-state index in [2.05, 4.69) is 5.32 Å². The summed E-state index contributed by atoms with van der Waals surface area (Å²) in [6, 6.07) is 4.72. The molecule has 0 fully saturated rings. The Morgan fingerprint density at radius 1 is 1.59 bits per heavy atom. The quantitative estimate of drug-likeness (QED) is 0.816. The minimum Gasteiger partial charge on any atom is -0.397 e. The maximum absolute atomic E-state index is 11.9. The standard InChI is InChI=1S/C11H15ClN2O2S/c1-7(6-17(2)16)14-11(15)8-4-3-5-9(12)10(8)13/h3-5,7H,6,13H2,1-2H3,(H,14,15). The normalized spacial score (nSPS) is 14.1. The first-order valence-corrected chi connectivity index (χ1v) is 7.17. The number of rotatable bonds is 4. The van der Waals surface area contributed by atoms with Crippen LogP contribution >= 0.6 is 11.6 Å². The van der Waals surface area contributed by atoms with Crippen molar-refractivity contribution in [3.05, 3.63) is 28.8 Å². The fraction of sp³-hybridized carbons (Fsp3) is 0.364. The molecule has 6 heteroatoms. The van der Waals surface area contributed by atoms with Gasteiger partial charge in [0.1, 0.15) is 0 Å². The van der Waals surface area contributed by atoms with Crippen LogP contribution in [-0.4, -0.2) is 28.2 Å². The second-order valence-corrected chi connectivity index (χ2v) is 5.70. The Bertz CT molecular complexity index is 451. The monoisotopic (exact) mass is 274 g/mol. The molecule has 2 unspecified atom stereocenters. The van der Waals surface area contributed by atoms with Crippen molar-refractivity contribution in [3.63, 3.8) is 0 Å². The average Bonchev–Trinajstić information content (AvgIpc) is 2.20. The molecule has 94 valence electrons. The van der Waals surface area contributed by atoms with Crippen LogP contribution in [0.2, 0.25) is 5.02 Å². The van der Waals surface area contributed by atoms with Gasteiger partial charge in [-0.3, -0.25) is 9.00 Å². The Hall–Kier alpha value is -1.07. The van der Waals surface area contributed by atoms with Crippen molar-refractivity contribution < 1.29 is 9.00 Å². The first kappa shape index (κ1) is 14.0. The van der Waals surface area contributed by atoms with Gasteiger partial charge in [-0.2, -0.15) is 0 Å². The highest BCUT2D eigenvalue weighted by Crippen LogP contribution is 2.22. The summed E-state index contributed by atoms with van der Waals surface area (Å²) in [5, 5.41) is 3.08. The first-order valence-electron chi connectivity index (χ1n) is 5.06. The van der Waals surface area contributed by atoms with Crippen LogP contribution in [0.25, 0.3) is 0 Å². The lowest BCUT2D eigenvalue weighted by Crippen LogP contribution is -2.36. The van der Waals surface area contributed by atoms with Crippen LogP contribution in [0, 0.1) is 0 Å². The smallest absolute Gasteiger partial charge is 0.253 e. The van der Waals surface area contributed by atoms with Crippen LogP contribution in [0.1, 0.15) is 17.3 Å². The van der Waals surface area contributed by atoms with Crippen molar-refractivity contribution in [1.29, 1.82) is 0 Å². The number of carbonyl (C=O) groups is 1. The summed E-state index contributed by atoms with van der Waals surface area (Å²) in [7, 11) is -0.950. The van der Waals surface area contributed by atoms with Crippen molar-refractivity contribution in [1.82, 2.24) is 5.32 Å². The van der Waals surface area contributed by atoms with Crippen molar-refractivity contribution >= 4 is 34.0 Å². The zero-order chi connectivity index (χ0) is 13.0. The summed E-state index contributed by atoms with van der Waals surface area (Å²) in [4.78, 5) is 11.9. The number of benzene rings is 1. The maximum atomic E-state index is 11.9. The summed E-state index contributed by atoms with van der Waals surface area (Å²) >= 11 is 5.83. The number of carbonyl (C=O) groups excluding carboxylic acids is 1. The molecule has 0 saturated heterocycles. The third-order valence-electron chi connectivity index (χ3n) is 2.16. The fourth-order valence-corrected chi connectivity index (χ4v) is 2.39. The highest BCUT2D eigenvalue weighted by Gasteiger charge is 2.14. The summed E-state index contributed by atoms with van der Waals surface area (Å²) < 4.78 is 11.0. The highest BCUT2D eigenvalue weighted by molar-refractivity contribution is 7.84. The summed E-state index contributed by atoms with van der Waals surface area (Å²) in [5.74, 6) is 0.106. The van der Waals surface area contributed by atoms with Gasteiger partial charge in [0, 0.05) is 28.9 Å². The van der Waals surface area contributed by atoms with Crippen LogP contribution in [0.15, 0.2) is 18.2 Å². The molecule has 0 aliphatic carbocycles. The molecule has 0 radical (unpaired) electrons. The molecule has 0 aliphatic rings.